The highest BCUT2D eigenvalue weighted by atomic mass is 16.2. The van der Waals surface area contributed by atoms with E-state index < -0.39 is 5.92 Å². The quantitative estimate of drug-likeness (QED) is 0.322. The van der Waals surface area contributed by atoms with Gasteiger partial charge in [0.15, 0.2) is 0 Å². The zero-order valence-corrected chi connectivity index (χ0v) is 16.9. The van der Waals surface area contributed by atoms with E-state index in [-0.39, 0.29) is 11.7 Å². The summed E-state index contributed by atoms with van der Waals surface area (Å²) in [5.74, 6) is -0.690. The van der Waals surface area contributed by atoms with Crippen LogP contribution in [0.25, 0.3) is 0 Å². The van der Waals surface area contributed by atoms with Crippen LogP contribution in [0.2, 0.25) is 0 Å². The fourth-order valence-corrected chi connectivity index (χ4v) is 3.21. The first-order valence-corrected chi connectivity index (χ1v) is 9.74. The number of amides is 1. The summed E-state index contributed by atoms with van der Waals surface area (Å²) in [7, 11) is 4.27. The molecule has 0 aliphatic rings. The summed E-state index contributed by atoms with van der Waals surface area (Å²) in [5, 5.41) is 6.14. The molecule has 1 aromatic carbocycles. The summed E-state index contributed by atoms with van der Waals surface area (Å²) in [6.45, 7) is 8.19. The van der Waals surface area contributed by atoms with E-state index in [0.29, 0.717) is 13.0 Å². The van der Waals surface area contributed by atoms with Crippen LogP contribution < -0.4 is 10.6 Å². The summed E-state index contributed by atoms with van der Waals surface area (Å²) in [6, 6.07) is 10.6. The van der Waals surface area contributed by atoms with Crippen molar-refractivity contribution in [3.8, 4) is 0 Å². The van der Waals surface area contributed by atoms with Crippen LogP contribution in [0.1, 0.15) is 38.7 Å². The molecule has 0 radical (unpaired) electrons. The van der Waals surface area contributed by atoms with E-state index in [1.807, 2.05) is 13.1 Å². The van der Waals surface area contributed by atoms with E-state index in [9.17, 15) is 9.59 Å². The maximum Gasteiger partial charge on any atom is 0.230 e. The Kier molecular flexibility index (Phi) is 10.1. The molecule has 26 heavy (non-hydrogen) atoms. The van der Waals surface area contributed by atoms with Crippen LogP contribution in [0.15, 0.2) is 30.3 Å². The Bertz CT molecular complexity index is 547. The van der Waals surface area contributed by atoms with Gasteiger partial charge in [0.2, 0.25) is 5.91 Å². The largest absolute Gasteiger partial charge is 0.355 e. The van der Waals surface area contributed by atoms with E-state index in [1.54, 1.807) is 13.8 Å². The molecule has 0 heterocycles. The van der Waals surface area contributed by atoms with Crippen molar-refractivity contribution in [2.75, 3.05) is 40.3 Å². The van der Waals surface area contributed by atoms with Gasteiger partial charge in [-0.25, -0.2) is 0 Å². The second-order valence-electron chi connectivity index (χ2n) is 7.35. The first-order valence-electron chi connectivity index (χ1n) is 9.74. The Hall–Kier alpha value is -1.72. The fraction of sp³-hybridized carbons (Fsp3) is 0.619. The van der Waals surface area contributed by atoms with Crippen LogP contribution in [-0.4, -0.2) is 56.4 Å². The molecular formula is C21H36N3O2+. The van der Waals surface area contributed by atoms with Crippen LogP contribution in [0.5, 0.6) is 0 Å². The number of quaternary nitrogens is 1. The number of nitrogens with one attached hydrogen (secondary N) is 2. The van der Waals surface area contributed by atoms with Gasteiger partial charge in [-0.05, 0) is 14.0 Å². The topological polar surface area (TPSA) is 58.2 Å². The zero-order chi connectivity index (χ0) is 19.4. The molecule has 2 N–H and O–H groups in total. The molecule has 146 valence electrons. The van der Waals surface area contributed by atoms with Gasteiger partial charge in [-0.2, -0.15) is 0 Å². The normalized spacial score (nSPS) is 14.5. The Labute approximate surface area is 158 Å². The van der Waals surface area contributed by atoms with Crippen LogP contribution >= 0.6 is 0 Å². The van der Waals surface area contributed by atoms with Crippen molar-refractivity contribution in [1.29, 1.82) is 0 Å². The van der Waals surface area contributed by atoms with Crippen molar-refractivity contribution >= 4 is 11.7 Å². The number of hydrogen-bond acceptors (Lipinski definition) is 3. The Morgan fingerprint density at radius 3 is 2.27 bits per heavy atom. The standard InChI is InChI=1S/C21H35N3O2/c1-5-20(25)18(2)21(26)23-14-10-16-24(4,15-9-13-22-3)17-19-11-7-6-8-12-19/h6-8,11-12,18,22H,5,9-10,13-17H2,1-4H3/p+1. The lowest BCUT2D eigenvalue weighted by Crippen LogP contribution is -2.46. The monoisotopic (exact) mass is 362 g/mol. The molecule has 0 spiro atoms. The molecule has 2 atom stereocenters. The van der Waals surface area contributed by atoms with Crippen LogP contribution in [0.4, 0.5) is 0 Å². The predicted octanol–water partition coefficient (Wildman–Crippen LogP) is 2.36. The highest BCUT2D eigenvalue weighted by Gasteiger charge is 2.22. The average Bonchev–Trinajstić information content (AvgIpc) is 2.64. The lowest BCUT2D eigenvalue weighted by atomic mass is 10.0. The first-order chi connectivity index (χ1) is 12.4. The molecule has 0 saturated carbocycles. The number of hydrogen-bond donors (Lipinski definition) is 2. The highest BCUT2D eigenvalue weighted by molar-refractivity contribution is 6.00. The van der Waals surface area contributed by atoms with E-state index in [0.717, 1.165) is 43.5 Å². The van der Waals surface area contributed by atoms with Crippen molar-refractivity contribution in [2.45, 2.75) is 39.7 Å². The molecule has 2 unspecified atom stereocenters. The first kappa shape index (κ1) is 22.3. The number of benzene rings is 1. The van der Waals surface area contributed by atoms with Gasteiger partial charge < -0.3 is 15.1 Å². The van der Waals surface area contributed by atoms with Crippen molar-refractivity contribution in [3.05, 3.63) is 35.9 Å². The fourth-order valence-electron chi connectivity index (χ4n) is 3.21. The van der Waals surface area contributed by atoms with Gasteiger partial charge in [-0.3, -0.25) is 9.59 Å². The van der Waals surface area contributed by atoms with Crippen LogP contribution in [0.3, 0.4) is 0 Å². The number of nitrogens with zero attached hydrogens (tertiary/aromatic N) is 1. The molecule has 1 amide bonds. The third kappa shape index (κ3) is 8.11. The molecule has 1 aromatic rings. The highest BCUT2D eigenvalue weighted by Crippen LogP contribution is 2.14. The number of carbonyl (C=O) groups is 2. The van der Waals surface area contributed by atoms with Crippen LogP contribution in [0, 0.1) is 5.92 Å². The summed E-state index contributed by atoms with van der Waals surface area (Å²) in [6.07, 6.45) is 2.43. The molecular weight excluding hydrogens is 326 g/mol. The van der Waals surface area contributed by atoms with Gasteiger partial charge in [0.1, 0.15) is 12.3 Å². The number of rotatable bonds is 13. The average molecular weight is 363 g/mol. The third-order valence-corrected chi connectivity index (χ3v) is 4.93. The SMILES string of the molecule is CCC(=O)C(C)C(=O)NCCC[N+](C)(CCCNC)Cc1ccccc1. The lowest BCUT2D eigenvalue weighted by molar-refractivity contribution is -0.922. The Balaban J connectivity index is 2.52. The third-order valence-electron chi connectivity index (χ3n) is 4.93. The van der Waals surface area contributed by atoms with Gasteiger partial charge in [0.25, 0.3) is 0 Å². The molecule has 1 rings (SSSR count). The number of Topliss-reactive ketones (excluding diaryl/α,β-unsaturated/α-hetero) is 1. The lowest BCUT2D eigenvalue weighted by Gasteiger charge is -2.35. The van der Waals surface area contributed by atoms with Crippen molar-refractivity contribution in [3.63, 3.8) is 0 Å². The summed E-state index contributed by atoms with van der Waals surface area (Å²) < 4.78 is 0.949. The van der Waals surface area contributed by atoms with Gasteiger partial charge in [-0.1, -0.05) is 37.3 Å². The van der Waals surface area contributed by atoms with E-state index in [1.165, 1.54) is 5.56 Å². The molecule has 0 fully saturated rings. The molecule has 5 heteroatoms. The van der Waals surface area contributed by atoms with E-state index in [2.05, 4.69) is 41.9 Å². The molecule has 0 saturated heterocycles. The number of carbonyl (C=O) groups excluding carboxylic acids is 2. The maximum absolute atomic E-state index is 12.0. The minimum Gasteiger partial charge on any atom is -0.355 e. The van der Waals surface area contributed by atoms with Gasteiger partial charge in [0, 0.05) is 37.9 Å². The molecule has 0 aliphatic carbocycles. The van der Waals surface area contributed by atoms with E-state index >= 15 is 0 Å². The Morgan fingerprint density at radius 1 is 1.08 bits per heavy atom. The smallest absolute Gasteiger partial charge is 0.230 e. The molecule has 0 bridgehead atoms. The van der Waals surface area contributed by atoms with Crippen molar-refractivity contribution in [1.82, 2.24) is 10.6 Å². The summed E-state index contributed by atoms with van der Waals surface area (Å²) in [4.78, 5) is 23.6. The van der Waals surface area contributed by atoms with Crippen molar-refractivity contribution in [2.24, 2.45) is 5.92 Å². The molecule has 5 nitrogen and oxygen atoms in total. The summed E-state index contributed by atoms with van der Waals surface area (Å²) >= 11 is 0. The molecule has 0 aliphatic heterocycles. The van der Waals surface area contributed by atoms with Gasteiger partial charge >= 0.3 is 0 Å². The number of ketones is 1. The second kappa shape index (κ2) is 11.8. The maximum atomic E-state index is 12.0. The minimum atomic E-state index is -0.541. The second-order valence-corrected chi connectivity index (χ2v) is 7.35. The zero-order valence-electron chi connectivity index (χ0n) is 16.9. The van der Waals surface area contributed by atoms with Gasteiger partial charge in [-0.15, -0.1) is 0 Å². The van der Waals surface area contributed by atoms with Gasteiger partial charge in [0.05, 0.1) is 26.1 Å². The molecule has 0 aromatic heterocycles. The Morgan fingerprint density at radius 2 is 1.69 bits per heavy atom. The predicted molar refractivity (Wildman–Crippen MR) is 107 cm³/mol. The van der Waals surface area contributed by atoms with Crippen LogP contribution in [-0.2, 0) is 16.1 Å². The van der Waals surface area contributed by atoms with E-state index in [4.69, 9.17) is 0 Å². The van der Waals surface area contributed by atoms with Crippen molar-refractivity contribution < 1.29 is 14.1 Å². The summed E-state index contributed by atoms with van der Waals surface area (Å²) in [5.41, 5.74) is 1.34. The minimum absolute atomic E-state index is 0.000683.